The van der Waals surface area contributed by atoms with Gasteiger partial charge in [-0.3, -0.25) is 0 Å². The van der Waals surface area contributed by atoms with Crippen LogP contribution in [0, 0.1) is 0 Å². The molecule has 0 heterocycles. The van der Waals surface area contributed by atoms with Crippen LogP contribution in [0.4, 0.5) is 0 Å². The third-order valence-corrected chi connectivity index (χ3v) is 5.38. The molecule has 0 spiro atoms. The minimum absolute atomic E-state index is 0.164. The molecular weight excluding hydrogens is 219 g/mol. The first-order valence-electron chi connectivity index (χ1n) is 4.90. The molecule has 0 aliphatic carbocycles. The Morgan fingerprint density at radius 2 is 1.31 bits per heavy atom. The van der Waals surface area contributed by atoms with Crippen molar-refractivity contribution >= 4 is 33.2 Å². The van der Waals surface area contributed by atoms with Crippen molar-refractivity contribution in [3.05, 3.63) is 0 Å². The summed E-state index contributed by atoms with van der Waals surface area (Å²) in [5.74, 6) is 2.00. The summed E-state index contributed by atoms with van der Waals surface area (Å²) in [5.41, 5.74) is 0. The molecule has 0 radical (unpaired) electrons. The minimum Gasteiger partial charge on any atom is -0.396 e. The summed E-state index contributed by atoms with van der Waals surface area (Å²) in [6.07, 6.45) is 7.32. The van der Waals surface area contributed by atoms with E-state index in [0.717, 1.165) is 17.9 Å². The summed E-state index contributed by atoms with van der Waals surface area (Å²) in [4.78, 5) is 0. The van der Waals surface area contributed by atoms with Crippen LogP contribution in [0.25, 0.3) is 0 Å². The van der Waals surface area contributed by atoms with Gasteiger partial charge in [-0.05, 0) is 49.3 Å². The molecule has 0 aliphatic heterocycles. The molecule has 0 aromatic heterocycles. The molecule has 13 heavy (non-hydrogen) atoms. The van der Waals surface area contributed by atoms with Gasteiger partial charge in [0, 0.05) is 6.61 Å². The predicted molar refractivity (Wildman–Crippen MR) is 70.2 cm³/mol. The van der Waals surface area contributed by atoms with Gasteiger partial charge in [-0.15, -0.1) is 7.92 Å². The molecule has 80 valence electrons. The highest BCUT2D eigenvalue weighted by Gasteiger charge is 2.05. The van der Waals surface area contributed by atoms with Crippen molar-refractivity contribution in [2.24, 2.45) is 0 Å². The molecule has 0 aliphatic rings. The summed E-state index contributed by atoms with van der Waals surface area (Å²) in [7, 11) is 0.164. The third kappa shape index (κ3) is 9.40. The van der Waals surface area contributed by atoms with Crippen LogP contribution in [0.5, 0.6) is 0 Å². The van der Waals surface area contributed by atoms with Crippen LogP contribution in [0.3, 0.4) is 0 Å². The second kappa shape index (κ2) is 11.2. The Balaban J connectivity index is 3.47. The number of thiol groups is 2. The largest absolute Gasteiger partial charge is 0.396 e. The van der Waals surface area contributed by atoms with E-state index in [1.54, 1.807) is 0 Å². The SMILES string of the molecule is OCCCP(CCCS)CCCS. The fourth-order valence-electron chi connectivity index (χ4n) is 1.22. The van der Waals surface area contributed by atoms with Crippen molar-refractivity contribution in [2.45, 2.75) is 19.3 Å². The third-order valence-electron chi connectivity index (χ3n) is 1.90. The maximum absolute atomic E-state index is 8.75. The van der Waals surface area contributed by atoms with Gasteiger partial charge in [0.1, 0.15) is 0 Å². The van der Waals surface area contributed by atoms with Crippen LogP contribution < -0.4 is 0 Å². The number of aliphatic hydroxyl groups excluding tert-OH is 1. The first-order valence-corrected chi connectivity index (χ1v) is 8.06. The lowest BCUT2D eigenvalue weighted by atomic mass is 10.5. The van der Waals surface area contributed by atoms with E-state index in [9.17, 15) is 0 Å². The molecule has 0 aromatic rings. The highest BCUT2D eigenvalue weighted by molar-refractivity contribution is 7.80. The molecule has 0 saturated heterocycles. The van der Waals surface area contributed by atoms with Crippen molar-refractivity contribution in [1.29, 1.82) is 0 Å². The molecule has 0 amide bonds. The van der Waals surface area contributed by atoms with Gasteiger partial charge in [-0.2, -0.15) is 25.3 Å². The zero-order valence-electron chi connectivity index (χ0n) is 8.15. The van der Waals surface area contributed by atoms with Crippen molar-refractivity contribution in [1.82, 2.24) is 0 Å². The normalized spacial score (nSPS) is 11.1. The van der Waals surface area contributed by atoms with E-state index in [1.807, 2.05) is 0 Å². The molecule has 4 heteroatoms. The summed E-state index contributed by atoms with van der Waals surface area (Å²) < 4.78 is 0. The van der Waals surface area contributed by atoms with E-state index in [0.29, 0.717) is 6.61 Å². The molecule has 0 bridgehead atoms. The number of rotatable bonds is 9. The fraction of sp³-hybridized carbons (Fsp3) is 1.00. The van der Waals surface area contributed by atoms with E-state index < -0.39 is 0 Å². The Morgan fingerprint density at radius 3 is 1.69 bits per heavy atom. The quantitative estimate of drug-likeness (QED) is 0.418. The Labute approximate surface area is 94.3 Å². The fourth-order valence-corrected chi connectivity index (χ4v) is 4.50. The number of hydrogen-bond acceptors (Lipinski definition) is 3. The van der Waals surface area contributed by atoms with Crippen molar-refractivity contribution < 1.29 is 5.11 Å². The van der Waals surface area contributed by atoms with Crippen LogP contribution in [0.2, 0.25) is 0 Å². The van der Waals surface area contributed by atoms with E-state index in [4.69, 9.17) is 5.11 Å². The maximum atomic E-state index is 8.75. The summed E-state index contributed by atoms with van der Waals surface area (Å²) >= 11 is 8.45. The maximum Gasteiger partial charge on any atom is 0.0434 e. The molecule has 1 nitrogen and oxygen atoms in total. The van der Waals surface area contributed by atoms with Crippen molar-refractivity contribution in [2.75, 3.05) is 36.6 Å². The van der Waals surface area contributed by atoms with Crippen LogP contribution in [0.1, 0.15) is 19.3 Å². The zero-order valence-corrected chi connectivity index (χ0v) is 10.8. The molecule has 1 N–H and O–H groups in total. The highest BCUT2D eigenvalue weighted by Crippen LogP contribution is 2.37. The van der Waals surface area contributed by atoms with Crippen LogP contribution in [0.15, 0.2) is 0 Å². The van der Waals surface area contributed by atoms with E-state index >= 15 is 0 Å². The Bertz CT molecular complexity index is 84.6. The Hall–Kier alpha value is 1.09. The average molecular weight is 240 g/mol. The molecule has 0 unspecified atom stereocenters. The van der Waals surface area contributed by atoms with Crippen molar-refractivity contribution in [3.63, 3.8) is 0 Å². The Kier molecular flexibility index (Phi) is 12.1. The monoisotopic (exact) mass is 240 g/mol. The second-order valence-electron chi connectivity index (χ2n) is 3.07. The lowest BCUT2D eigenvalue weighted by molar-refractivity contribution is 0.296. The Morgan fingerprint density at radius 1 is 0.846 bits per heavy atom. The van der Waals surface area contributed by atoms with Gasteiger partial charge in [-0.25, -0.2) is 0 Å². The molecular formula is C9H21OPS2. The lowest BCUT2D eigenvalue weighted by Gasteiger charge is -2.16. The average Bonchev–Trinajstić information content (AvgIpc) is 2.17. The lowest BCUT2D eigenvalue weighted by Crippen LogP contribution is -1.99. The van der Waals surface area contributed by atoms with Crippen LogP contribution >= 0.6 is 33.2 Å². The summed E-state index contributed by atoms with van der Waals surface area (Å²) in [6.45, 7) is 0.348. The first kappa shape index (κ1) is 14.1. The van der Waals surface area contributed by atoms with Gasteiger partial charge in [0.15, 0.2) is 0 Å². The molecule has 0 rings (SSSR count). The number of aliphatic hydroxyl groups is 1. The smallest absolute Gasteiger partial charge is 0.0434 e. The highest BCUT2D eigenvalue weighted by atomic mass is 32.1. The summed E-state index contributed by atoms with van der Waals surface area (Å²) in [6, 6.07) is 0. The standard InChI is InChI=1S/C9H21OPS2/c10-4-1-5-11(6-2-8-12)7-3-9-13/h10,12-13H,1-9H2. The van der Waals surface area contributed by atoms with E-state index in [-0.39, 0.29) is 7.92 Å². The van der Waals surface area contributed by atoms with Gasteiger partial charge in [-0.1, -0.05) is 0 Å². The van der Waals surface area contributed by atoms with E-state index in [2.05, 4.69) is 25.3 Å². The van der Waals surface area contributed by atoms with Gasteiger partial charge in [0.2, 0.25) is 0 Å². The topological polar surface area (TPSA) is 20.2 Å². The van der Waals surface area contributed by atoms with Gasteiger partial charge < -0.3 is 5.11 Å². The molecule has 0 atom stereocenters. The molecule has 0 saturated carbocycles. The predicted octanol–water partition coefficient (Wildman–Crippen LogP) is 2.49. The zero-order chi connectivity index (χ0) is 9.94. The molecule has 0 fully saturated rings. The molecule has 0 aromatic carbocycles. The van der Waals surface area contributed by atoms with Gasteiger partial charge in [0.25, 0.3) is 0 Å². The van der Waals surface area contributed by atoms with Gasteiger partial charge >= 0.3 is 0 Å². The van der Waals surface area contributed by atoms with Gasteiger partial charge in [0.05, 0.1) is 0 Å². The summed E-state index contributed by atoms with van der Waals surface area (Å²) in [5, 5.41) is 8.75. The van der Waals surface area contributed by atoms with Crippen LogP contribution in [-0.2, 0) is 0 Å². The minimum atomic E-state index is 0.164. The number of hydrogen-bond donors (Lipinski definition) is 3. The first-order chi connectivity index (χ1) is 6.35. The van der Waals surface area contributed by atoms with Crippen LogP contribution in [-0.4, -0.2) is 41.7 Å². The second-order valence-corrected chi connectivity index (χ2v) is 6.65. The van der Waals surface area contributed by atoms with E-state index in [1.165, 1.54) is 31.3 Å². The van der Waals surface area contributed by atoms with Crippen molar-refractivity contribution in [3.8, 4) is 0 Å².